The van der Waals surface area contributed by atoms with Crippen molar-refractivity contribution >= 4 is 15.9 Å². The fourth-order valence-corrected chi connectivity index (χ4v) is 2.18. The first-order valence-corrected chi connectivity index (χ1v) is 5.28. The van der Waals surface area contributed by atoms with Gasteiger partial charge in [0, 0.05) is 10.0 Å². The van der Waals surface area contributed by atoms with Crippen LogP contribution in [-0.4, -0.2) is 11.7 Å². The van der Waals surface area contributed by atoms with Crippen molar-refractivity contribution in [1.29, 1.82) is 0 Å². The van der Waals surface area contributed by atoms with E-state index in [1.165, 1.54) is 6.07 Å². The molecule has 0 spiro atoms. The molecule has 4 heteroatoms. The number of aliphatic hydroxyl groups excluding tert-OH is 1. The van der Waals surface area contributed by atoms with Gasteiger partial charge in [-0.1, -0.05) is 15.9 Å². The van der Waals surface area contributed by atoms with Crippen LogP contribution in [0.15, 0.2) is 16.6 Å². The summed E-state index contributed by atoms with van der Waals surface area (Å²) >= 11 is 3.28. The van der Waals surface area contributed by atoms with Crippen LogP contribution in [0.4, 0.5) is 4.39 Å². The van der Waals surface area contributed by atoms with Crippen LogP contribution in [-0.2, 0) is 0 Å². The van der Waals surface area contributed by atoms with E-state index in [0.29, 0.717) is 23.1 Å². The summed E-state index contributed by atoms with van der Waals surface area (Å²) in [5, 5.41) is 9.77. The second-order valence-electron chi connectivity index (χ2n) is 3.28. The Morgan fingerprint density at radius 1 is 1.50 bits per heavy atom. The number of benzene rings is 1. The van der Waals surface area contributed by atoms with Crippen LogP contribution >= 0.6 is 15.9 Å². The number of rotatable bonds is 0. The van der Waals surface area contributed by atoms with Gasteiger partial charge in [-0.25, -0.2) is 4.39 Å². The Balaban J connectivity index is 2.57. The van der Waals surface area contributed by atoms with E-state index in [-0.39, 0.29) is 5.75 Å². The van der Waals surface area contributed by atoms with E-state index in [1.54, 1.807) is 6.07 Å². The Bertz CT molecular complexity index is 354. The third kappa shape index (κ3) is 1.64. The van der Waals surface area contributed by atoms with Gasteiger partial charge in [-0.15, -0.1) is 0 Å². The van der Waals surface area contributed by atoms with Crippen molar-refractivity contribution < 1.29 is 14.2 Å². The second-order valence-corrected chi connectivity index (χ2v) is 4.13. The van der Waals surface area contributed by atoms with Crippen molar-refractivity contribution in [1.82, 2.24) is 0 Å². The third-order valence-corrected chi connectivity index (χ3v) is 2.99. The third-order valence-electron chi connectivity index (χ3n) is 2.30. The fraction of sp³-hybridized carbons (Fsp3) is 0.400. The first-order chi connectivity index (χ1) is 6.70. The molecule has 0 fully saturated rings. The minimum atomic E-state index is -0.641. The maximum absolute atomic E-state index is 13.3. The molecule has 1 atom stereocenters. The van der Waals surface area contributed by atoms with Gasteiger partial charge in [-0.2, -0.15) is 0 Å². The standard InChI is InChI=1S/C10H10BrFO2/c11-6-3-4-7(12)10-9(6)8(13)2-1-5-14-10/h3-4,8,13H,1-2,5H2/t8-/m0/s1. The zero-order chi connectivity index (χ0) is 10.1. The molecule has 2 nitrogen and oxygen atoms in total. The quantitative estimate of drug-likeness (QED) is 0.778. The Labute approximate surface area is 89.8 Å². The lowest BCUT2D eigenvalue weighted by Crippen LogP contribution is -2.00. The highest BCUT2D eigenvalue weighted by Crippen LogP contribution is 2.38. The Kier molecular flexibility index (Phi) is 2.74. The van der Waals surface area contributed by atoms with Crippen LogP contribution in [0.25, 0.3) is 0 Å². The number of ether oxygens (including phenoxy) is 1. The molecule has 0 saturated heterocycles. The molecule has 1 aromatic carbocycles. The van der Waals surface area contributed by atoms with Crippen molar-refractivity contribution in [2.24, 2.45) is 0 Å². The largest absolute Gasteiger partial charge is 0.490 e. The lowest BCUT2D eigenvalue weighted by Gasteiger charge is -2.13. The van der Waals surface area contributed by atoms with Crippen LogP contribution < -0.4 is 4.74 Å². The lowest BCUT2D eigenvalue weighted by atomic mass is 10.1. The first kappa shape index (κ1) is 9.93. The zero-order valence-corrected chi connectivity index (χ0v) is 9.05. The van der Waals surface area contributed by atoms with Crippen LogP contribution in [0.1, 0.15) is 24.5 Å². The predicted molar refractivity (Wildman–Crippen MR) is 53.8 cm³/mol. The number of hydrogen-bond acceptors (Lipinski definition) is 2. The van der Waals surface area contributed by atoms with E-state index in [9.17, 15) is 9.50 Å². The molecule has 0 bridgehead atoms. The van der Waals surface area contributed by atoms with Crippen molar-refractivity contribution in [3.63, 3.8) is 0 Å². The Morgan fingerprint density at radius 3 is 3.07 bits per heavy atom. The SMILES string of the molecule is O[C@H]1CCCOc2c(F)ccc(Br)c21. The summed E-state index contributed by atoms with van der Waals surface area (Å²) in [4.78, 5) is 0. The monoisotopic (exact) mass is 260 g/mol. The molecule has 14 heavy (non-hydrogen) atoms. The highest BCUT2D eigenvalue weighted by atomic mass is 79.9. The molecule has 1 aliphatic heterocycles. The minimum absolute atomic E-state index is 0.185. The van der Waals surface area contributed by atoms with Gasteiger partial charge in [-0.3, -0.25) is 0 Å². The summed E-state index contributed by atoms with van der Waals surface area (Å²) in [7, 11) is 0. The maximum atomic E-state index is 13.3. The molecule has 0 aliphatic carbocycles. The van der Waals surface area contributed by atoms with Crippen LogP contribution in [0.3, 0.4) is 0 Å². The Morgan fingerprint density at radius 2 is 2.29 bits per heavy atom. The number of halogens is 2. The van der Waals surface area contributed by atoms with Gasteiger partial charge in [0.25, 0.3) is 0 Å². The second kappa shape index (κ2) is 3.87. The summed E-state index contributed by atoms with van der Waals surface area (Å²) in [6.07, 6.45) is 0.703. The van der Waals surface area contributed by atoms with E-state index in [2.05, 4.69) is 15.9 Å². The lowest BCUT2D eigenvalue weighted by molar-refractivity contribution is 0.166. The molecule has 76 valence electrons. The van der Waals surface area contributed by atoms with Crippen molar-refractivity contribution in [3.05, 3.63) is 28.0 Å². The van der Waals surface area contributed by atoms with E-state index in [1.807, 2.05) is 0 Å². The molecular formula is C10H10BrFO2. The normalized spacial score (nSPS) is 20.9. The molecule has 0 radical (unpaired) electrons. The van der Waals surface area contributed by atoms with Gasteiger partial charge < -0.3 is 9.84 Å². The molecule has 1 heterocycles. The molecule has 2 rings (SSSR count). The average Bonchev–Trinajstić information content (AvgIpc) is 2.35. The van der Waals surface area contributed by atoms with E-state index in [0.717, 1.165) is 6.42 Å². The topological polar surface area (TPSA) is 29.5 Å². The zero-order valence-electron chi connectivity index (χ0n) is 7.46. The van der Waals surface area contributed by atoms with E-state index in [4.69, 9.17) is 4.74 Å². The molecule has 0 aromatic heterocycles. The molecule has 0 saturated carbocycles. The molecule has 1 aromatic rings. The van der Waals surface area contributed by atoms with Gasteiger partial charge in [0.15, 0.2) is 11.6 Å². The number of fused-ring (bicyclic) bond motifs is 1. The molecule has 1 aliphatic rings. The molecular weight excluding hydrogens is 251 g/mol. The van der Waals surface area contributed by atoms with E-state index >= 15 is 0 Å². The summed E-state index contributed by atoms with van der Waals surface area (Å²) in [5.74, 6) is -0.228. The van der Waals surface area contributed by atoms with Crippen LogP contribution in [0, 0.1) is 5.82 Å². The van der Waals surface area contributed by atoms with Crippen molar-refractivity contribution in [3.8, 4) is 5.75 Å². The summed E-state index contributed by atoms with van der Waals surface area (Å²) in [6.45, 7) is 0.456. The smallest absolute Gasteiger partial charge is 0.165 e. The number of hydrogen-bond donors (Lipinski definition) is 1. The van der Waals surface area contributed by atoms with Gasteiger partial charge in [0.1, 0.15) is 0 Å². The van der Waals surface area contributed by atoms with Gasteiger partial charge in [0.05, 0.1) is 12.7 Å². The number of aliphatic hydroxyl groups is 1. The van der Waals surface area contributed by atoms with Crippen molar-refractivity contribution in [2.75, 3.05) is 6.61 Å². The van der Waals surface area contributed by atoms with Gasteiger partial charge in [0.2, 0.25) is 0 Å². The Hall–Kier alpha value is -0.610. The predicted octanol–water partition coefficient (Wildman–Crippen LogP) is 2.79. The average molecular weight is 261 g/mol. The van der Waals surface area contributed by atoms with Crippen LogP contribution in [0.2, 0.25) is 0 Å². The molecule has 0 amide bonds. The first-order valence-electron chi connectivity index (χ1n) is 4.49. The summed E-state index contributed by atoms with van der Waals surface area (Å²) in [6, 6.07) is 2.92. The minimum Gasteiger partial charge on any atom is -0.490 e. The van der Waals surface area contributed by atoms with E-state index < -0.39 is 11.9 Å². The highest BCUT2D eigenvalue weighted by molar-refractivity contribution is 9.10. The van der Waals surface area contributed by atoms with Gasteiger partial charge >= 0.3 is 0 Å². The maximum Gasteiger partial charge on any atom is 0.165 e. The molecule has 1 N–H and O–H groups in total. The summed E-state index contributed by atoms with van der Waals surface area (Å²) < 4.78 is 19.3. The highest BCUT2D eigenvalue weighted by Gasteiger charge is 2.23. The summed E-state index contributed by atoms with van der Waals surface area (Å²) in [5.41, 5.74) is 0.530. The molecule has 0 unspecified atom stereocenters. The van der Waals surface area contributed by atoms with Crippen LogP contribution in [0.5, 0.6) is 5.75 Å². The fourth-order valence-electron chi connectivity index (χ4n) is 1.60. The van der Waals surface area contributed by atoms with Gasteiger partial charge in [-0.05, 0) is 25.0 Å². The van der Waals surface area contributed by atoms with Crippen molar-refractivity contribution in [2.45, 2.75) is 18.9 Å².